The van der Waals surface area contributed by atoms with Crippen LogP contribution in [0.4, 0.5) is 4.79 Å². The minimum absolute atomic E-state index is 0.172. The summed E-state index contributed by atoms with van der Waals surface area (Å²) >= 11 is 0. The molecule has 0 saturated carbocycles. The summed E-state index contributed by atoms with van der Waals surface area (Å²) in [6.45, 7) is 15.5. The van der Waals surface area contributed by atoms with E-state index in [4.69, 9.17) is 4.74 Å². The first-order valence-corrected chi connectivity index (χ1v) is 10.9. The molecule has 1 aromatic carbocycles. The van der Waals surface area contributed by atoms with Crippen LogP contribution in [0.5, 0.6) is 0 Å². The van der Waals surface area contributed by atoms with Gasteiger partial charge in [-0.3, -0.25) is 4.90 Å². The quantitative estimate of drug-likeness (QED) is 0.650. The number of carbonyl (C=O) groups excluding carboxylic acids is 1. The molecule has 3 rings (SSSR count). The highest BCUT2D eigenvalue weighted by molar-refractivity contribution is 5.68. The summed E-state index contributed by atoms with van der Waals surface area (Å²) < 4.78 is 5.55. The lowest BCUT2D eigenvalue weighted by molar-refractivity contribution is 0.0204. The minimum Gasteiger partial charge on any atom is -0.444 e. The molecular formula is C24H38N2O2. The fraction of sp³-hybridized carbons (Fsp3) is 0.708. The van der Waals surface area contributed by atoms with Crippen LogP contribution in [0.2, 0.25) is 0 Å². The van der Waals surface area contributed by atoms with Crippen molar-refractivity contribution >= 4 is 6.09 Å². The molecule has 0 bridgehead atoms. The Morgan fingerprint density at radius 3 is 2.11 bits per heavy atom. The number of carbonyl (C=O) groups is 1. The maximum Gasteiger partial charge on any atom is 0.410 e. The van der Waals surface area contributed by atoms with Crippen LogP contribution < -0.4 is 0 Å². The van der Waals surface area contributed by atoms with Crippen molar-refractivity contribution in [1.29, 1.82) is 0 Å². The molecule has 4 heteroatoms. The summed E-state index contributed by atoms with van der Waals surface area (Å²) in [6, 6.07) is 9.54. The molecule has 0 unspecified atom stereocenters. The number of likely N-dealkylation sites (tertiary alicyclic amines) is 2. The van der Waals surface area contributed by atoms with E-state index in [1.54, 1.807) is 0 Å². The molecule has 0 aliphatic carbocycles. The van der Waals surface area contributed by atoms with Crippen LogP contribution in [0.25, 0.3) is 0 Å². The monoisotopic (exact) mass is 386 g/mol. The molecule has 2 fully saturated rings. The molecule has 2 saturated heterocycles. The molecule has 1 atom stereocenters. The van der Waals surface area contributed by atoms with Crippen molar-refractivity contribution in [1.82, 2.24) is 9.80 Å². The van der Waals surface area contributed by atoms with Gasteiger partial charge in [-0.15, -0.1) is 0 Å². The summed E-state index contributed by atoms with van der Waals surface area (Å²) in [4.78, 5) is 16.9. The zero-order valence-corrected chi connectivity index (χ0v) is 18.6. The zero-order valence-electron chi connectivity index (χ0n) is 18.6. The second-order valence-corrected chi connectivity index (χ2v) is 10.4. The van der Waals surface area contributed by atoms with Crippen molar-refractivity contribution in [3.63, 3.8) is 0 Å². The van der Waals surface area contributed by atoms with Crippen molar-refractivity contribution in [3.8, 4) is 0 Å². The number of piperidine rings is 1. The number of ether oxygens (including phenoxy) is 1. The van der Waals surface area contributed by atoms with Gasteiger partial charge in [0.1, 0.15) is 5.60 Å². The molecule has 28 heavy (non-hydrogen) atoms. The van der Waals surface area contributed by atoms with Gasteiger partial charge in [-0.25, -0.2) is 4.79 Å². The third-order valence-electron chi connectivity index (χ3n) is 6.06. The predicted octanol–water partition coefficient (Wildman–Crippen LogP) is 5.74. The average Bonchev–Trinajstić information content (AvgIpc) is 3.10. The molecular weight excluding hydrogens is 348 g/mol. The molecule has 2 aliphatic heterocycles. The van der Waals surface area contributed by atoms with Crippen LogP contribution in [0, 0.1) is 0 Å². The lowest BCUT2D eigenvalue weighted by Crippen LogP contribution is -2.42. The third-order valence-corrected chi connectivity index (χ3v) is 6.06. The fourth-order valence-electron chi connectivity index (χ4n) is 4.78. The summed E-state index contributed by atoms with van der Waals surface area (Å²) in [6.07, 6.45) is 4.36. The summed E-state index contributed by atoms with van der Waals surface area (Å²) in [5, 5.41) is 0. The van der Waals surface area contributed by atoms with E-state index in [0.717, 1.165) is 25.9 Å². The van der Waals surface area contributed by atoms with E-state index in [1.165, 1.54) is 30.5 Å². The van der Waals surface area contributed by atoms with E-state index in [2.05, 4.69) is 49.9 Å². The van der Waals surface area contributed by atoms with Gasteiger partial charge in [0, 0.05) is 24.7 Å². The van der Waals surface area contributed by atoms with Gasteiger partial charge < -0.3 is 9.64 Å². The van der Waals surface area contributed by atoms with Crippen LogP contribution in [0.1, 0.15) is 90.3 Å². The van der Waals surface area contributed by atoms with Crippen molar-refractivity contribution < 1.29 is 9.53 Å². The summed E-state index contributed by atoms with van der Waals surface area (Å²) in [5.41, 5.74) is 2.76. The van der Waals surface area contributed by atoms with Crippen molar-refractivity contribution in [2.45, 2.75) is 90.3 Å². The molecule has 0 N–H and O–H groups in total. The Labute approximate surface area is 171 Å². The zero-order chi connectivity index (χ0) is 20.5. The molecule has 1 aromatic rings. The van der Waals surface area contributed by atoms with E-state index in [-0.39, 0.29) is 11.6 Å². The standard InChI is InChI=1S/C24H38N2O2/c1-23(2,3)26-15-9-12-21(26)20-11-8-7-10-19(20)18-13-16-25(17-14-18)22(27)28-24(4,5)6/h7-8,10-11,18,21H,9,12-17H2,1-6H3/t21-/m0/s1. The highest BCUT2D eigenvalue weighted by atomic mass is 16.6. The van der Waals surface area contributed by atoms with Crippen LogP contribution in [-0.2, 0) is 4.74 Å². The number of rotatable bonds is 2. The van der Waals surface area contributed by atoms with Gasteiger partial charge >= 0.3 is 6.09 Å². The Morgan fingerprint density at radius 2 is 1.54 bits per heavy atom. The second-order valence-electron chi connectivity index (χ2n) is 10.4. The Morgan fingerprint density at radius 1 is 0.929 bits per heavy atom. The third kappa shape index (κ3) is 4.89. The van der Waals surface area contributed by atoms with Gasteiger partial charge in [-0.1, -0.05) is 24.3 Å². The SMILES string of the molecule is CC(C)(C)OC(=O)N1CCC(c2ccccc2[C@@H]2CCCN2C(C)(C)C)CC1. The highest BCUT2D eigenvalue weighted by Gasteiger charge is 2.36. The summed E-state index contributed by atoms with van der Waals surface area (Å²) in [5.74, 6) is 0.525. The van der Waals surface area contributed by atoms with Crippen molar-refractivity contribution in [2.24, 2.45) is 0 Å². The van der Waals surface area contributed by atoms with Crippen LogP contribution in [-0.4, -0.2) is 46.7 Å². The molecule has 1 amide bonds. The predicted molar refractivity (Wildman–Crippen MR) is 115 cm³/mol. The van der Waals surface area contributed by atoms with E-state index in [9.17, 15) is 4.79 Å². The molecule has 2 heterocycles. The first-order chi connectivity index (χ1) is 13.1. The number of nitrogens with zero attached hydrogens (tertiary/aromatic N) is 2. The van der Waals surface area contributed by atoms with Crippen molar-refractivity contribution in [2.75, 3.05) is 19.6 Å². The molecule has 156 valence electrons. The Bertz CT molecular complexity index is 679. The topological polar surface area (TPSA) is 32.8 Å². The minimum atomic E-state index is -0.431. The highest BCUT2D eigenvalue weighted by Crippen LogP contribution is 2.42. The van der Waals surface area contributed by atoms with E-state index in [1.807, 2.05) is 25.7 Å². The van der Waals surface area contributed by atoms with Crippen LogP contribution in [0.15, 0.2) is 24.3 Å². The Kier molecular flexibility index (Phi) is 6.09. The normalized spacial score (nSPS) is 22.5. The van der Waals surface area contributed by atoms with Gasteiger partial charge in [0.15, 0.2) is 0 Å². The number of amides is 1. The number of benzene rings is 1. The maximum absolute atomic E-state index is 12.4. The number of hydrogen-bond donors (Lipinski definition) is 0. The van der Waals surface area contributed by atoms with Gasteiger partial charge in [0.2, 0.25) is 0 Å². The maximum atomic E-state index is 12.4. The Balaban J connectivity index is 1.72. The van der Waals surface area contributed by atoms with Crippen LogP contribution in [0.3, 0.4) is 0 Å². The lowest BCUT2D eigenvalue weighted by Gasteiger charge is -2.39. The van der Waals surface area contributed by atoms with E-state index >= 15 is 0 Å². The van der Waals surface area contributed by atoms with E-state index in [0.29, 0.717) is 12.0 Å². The summed E-state index contributed by atoms with van der Waals surface area (Å²) in [7, 11) is 0. The van der Waals surface area contributed by atoms with Gasteiger partial charge in [-0.2, -0.15) is 0 Å². The van der Waals surface area contributed by atoms with Gasteiger partial charge in [-0.05, 0) is 90.8 Å². The van der Waals surface area contributed by atoms with Crippen molar-refractivity contribution in [3.05, 3.63) is 35.4 Å². The average molecular weight is 387 g/mol. The first kappa shape index (κ1) is 21.2. The largest absolute Gasteiger partial charge is 0.444 e. The first-order valence-electron chi connectivity index (χ1n) is 10.9. The second kappa shape index (κ2) is 8.06. The van der Waals surface area contributed by atoms with Gasteiger partial charge in [0.05, 0.1) is 0 Å². The number of hydrogen-bond acceptors (Lipinski definition) is 3. The van der Waals surface area contributed by atoms with Gasteiger partial charge in [0.25, 0.3) is 0 Å². The molecule has 0 spiro atoms. The molecule has 0 aromatic heterocycles. The van der Waals surface area contributed by atoms with Crippen LogP contribution >= 0.6 is 0 Å². The fourth-order valence-corrected chi connectivity index (χ4v) is 4.78. The molecule has 2 aliphatic rings. The van der Waals surface area contributed by atoms with E-state index < -0.39 is 5.60 Å². The Hall–Kier alpha value is -1.55. The smallest absolute Gasteiger partial charge is 0.410 e. The molecule has 0 radical (unpaired) electrons. The lowest BCUT2D eigenvalue weighted by atomic mass is 9.83. The molecule has 4 nitrogen and oxygen atoms in total.